The van der Waals surface area contributed by atoms with E-state index in [1.54, 1.807) is 18.2 Å². The molecule has 3 aromatic carbocycles. The SMILES string of the molecule is O=C(/C=C/c1ccccc1[N+](=O)[O-])NCc1ccc(COCc2ccccc2)cc1. The number of nitrogens with one attached hydrogen (secondary N) is 1. The van der Waals surface area contributed by atoms with E-state index in [4.69, 9.17) is 4.74 Å². The molecule has 152 valence electrons. The van der Waals surface area contributed by atoms with Crippen LogP contribution in [0.1, 0.15) is 22.3 Å². The van der Waals surface area contributed by atoms with Crippen LogP contribution in [0.15, 0.2) is 84.9 Å². The summed E-state index contributed by atoms with van der Waals surface area (Å²) in [6, 6.07) is 24.1. The van der Waals surface area contributed by atoms with Crippen LogP contribution in [0.5, 0.6) is 0 Å². The molecule has 0 aliphatic carbocycles. The fourth-order valence-corrected chi connectivity index (χ4v) is 2.82. The molecule has 1 amide bonds. The zero-order chi connectivity index (χ0) is 21.2. The van der Waals surface area contributed by atoms with Crippen LogP contribution in [-0.2, 0) is 29.3 Å². The minimum absolute atomic E-state index is 0.0355. The fourth-order valence-electron chi connectivity index (χ4n) is 2.82. The second-order valence-electron chi connectivity index (χ2n) is 6.66. The summed E-state index contributed by atoms with van der Waals surface area (Å²) in [5, 5.41) is 13.8. The van der Waals surface area contributed by atoms with Gasteiger partial charge in [0.1, 0.15) is 0 Å². The monoisotopic (exact) mass is 402 g/mol. The third kappa shape index (κ3) is 6.39. The Kier molecular flexibility index (Phi) is 7.46. The van der Waals surface area contributed by atoms with Crippen molar-refractivity contribution in [2.45, 2.75) is 19.8 Å². The fraction of sp³-hybridized carbons (Fsp3) is 0.125. The first-order chi connectivity index (χ1) is 14.6. The maximum Gasteiger partial charge on any atom is 0.276 e. The van der Waals surface area contributed by atoms with Crippen molar-refractivity contribution in [2.75, 3.05) is 0 Å². The summed E-state index contributed by atoms with van der Waals surface area (Å²) in [5.74, 6) is -0.316. The van der Waals surface area contributed by atoms with Gasteiger partial charge in [0.15, 0.2) is 0 Å². The smallest absolute Gasteiger partial charge is 0.276 e. The Balaban J connectivity index is 1.45. The molecule has 6 nitrogen and oxygen atoms in total. The van der Waals surface area contributed by atoms with Crippen LogP contribution >= 0.6 is 0 Å². The normalized spacial score (nSPS) is 10.8. The number of nitrogens with zero attached hydrogens (tertiary/aromatic N) is 1. The van der Waals surface area contributed by atoms with E-state index in [9.17, 15) is 14.9 Å². The Labute approximate surface area is 175 Å². The zero-order valence-corrected chi connectivity index (χ0v) is 16.4. The lowest BCUT2D eigenvalue weighted by molar-refractivity contribution is -0.385. The molecule has 0 unspecified atom stereocenters. The molecule has 0 heterocycles. The summed E-state index contributed by atoms with van der Waals surface area (Å²) < 4.78 is 5.72. The van der Waals surface area contributed by atoms with E-state index in [1.807, 2.05) is 54.6 Å². The third-order valence-electron chi connectivity index (χ3n) is 4.42. The van der Waals surface area contributed by atoms with E-state index in [-0.39, 0.29) is 11.6 Å². The number of hydrogen-bond acceptors (Lipinski definition) is 4. The predicted octanol–water partition coefficient (Wildman–Crippen LogP) is 4.64. The van der Waals surface area contributed by atoms with Gasteiger partial charge in [-0.2, -0.15) is 0 Å². The number of nitro benzene ring substituents is 1. The molecular weight excluding hydrogens is 380 g/mol. The summed E-state index contributed by atoms with van der Waals surface area (Å²) in [6.45, 7) is 1.44. The third-order valence-corrected chi connectivity index (χ3v) is 4.42. The first kappa shape index (κ1) is 21.0. The molecule has 30 heavy (non-hydrogen) atoms. The van der Waals surface area contributed by atoms with Crippen LogP contribution in [0.25, 0.3) is 6.08 Å². The average Bonchev–Trinajstić information content (AvgIpc) is 2.78. The van der Waals surface area contributed by atoms with Crippen LogP contribution < -0.4 is 5.32 Å². The molecule has 0 aromatic heterocycles. The Hall–Kier alpha value is -3.77. The summed E-state index contributed by atoms with van der Waals surface area (Å²) in [6.07, 6.45) is 2.74. The highest BCUT2D eigenvalue weighted by molar-refractivity contribution is 5.92. The number of amides is 1. The number of nitro groups is 1. The highest BCUT2D eigenvalue weighted by atomic mass is 16.6. The number of carbonyl (C=O) groups excluding carboxylic acids is 1. The lowest BCUT2D eigenvalue weighted by Gasteiger charge is -2.07. The minimum atomic E-state index is -0.470. The van der Waals surface area contributed by atoms with Gasteiger partial charge in [-0.05, 0) is 28.8 Å². The topological polar surface area (TPSA) is 81.5 Å². The van der Waals surface area contributed by atoms with Gasteiger partial charge in [0.05, 0.1) is 23.7 Å². The summed E-state index contributed by atoms with van der Waals surface area (Å²) in [5.41, 5.74) is 3.49. The maximum absolute atomic E-state index is 12.0. The molecule has 0 spiro atoms. The van der Waals surface area contributed by atoms with E-state index >= 15 is 0 Å². The van der Waals surface area contributed by atoms with E-state index in [0.29, 0.717) is 25.3 Å². The highest BCUT2D eigenvalue weighted by Gasteiger charge is 2.09. The first-order valence-corrected chi connectivity index (χ1v) is 9.50. The van der Waals surface area contributed by atoms with Gasteiger partial charge in [0.2, 0.25) is 5.91 Å². The van der Waals surface area contributed by atoms with Gasteiger partial charge in [-0.15, -0.1) is 0 Å². The van der Waals surface area contributed by atoms with Gasteiger partial charge in [-0.1, -0.05) is 66.7 Å². The number of carbonyl (C=O) groups is 1. The number of ether oxygens (including phenoxy) is 1. The molecule has 0 saturated heterocycles. The van der Waals surface area contributed by atoms with Crippen molar-refractivity contribution in [1.29, 1.82) is 0 Å². The van der Waals surface area contributed by atoms with Crippen LogP contribution in [0.3, 0.4) is 0 Å². The molecule has 0 aliphatic heterocycles. The molecule has 1 N–H and O–H groups in total. The zero-order valence-electron chi connectivity index (χ0n) is 16.4. The summed E-state index contributed by atoms with van der Waals surface area (Å²) in [4.78, 5) is 22.6. The van der Waals surface area contributed by atoms with Crippen LogP contribution in [0, 0.1) is 10.1 Å². The van der Waals surface area contributed by atoms with E-state index in [2.05, 4.69) is 5.32 Å². The first-order valence-electron chi connectivity index (χ1n) is 9.50. The van der Waals surface area contributed by atoms with Gasteiger partial charge in [0, 0.05) is 18.7 Å². The molecular formula is C24H22N2O4. The number of para-hydroxylation sites is 1. The Morgan fingerprint density at radius 3 is 2.17 bits per heavy atom. The standard InChI is InChI=1S/C24H22N2O4/c27-24(15-14-22-8-4-5-9-23(22)26(28)29)25-16-19-10-12-21(13-11-19)18-30-17-20-6-2-1-3-7-20/h1-15H,16-18H2,(H,25,27)/b15-14+. The van der Waals surface area contributed by atoms with Gasteiger partial charge < -0.3 is 10.1 Å². The van der Waals surface area contributed by atoms with Crippen molar-refractivity contribution in [3.05, 3.63) is 117 Å². The van der Waals surface area contributed by atoms with E-state index in [1.165, 1.54) is 18.2 Å². The van der Waals surface area contributed by atoms with Gasteiger partial charge >= 0.3 is 0 Å². The van der Waals surface area contributed by atoms with E-state index in [0.717, 1.165) is 16.7 Å². The molecule has 0 bridgehead atoms. The largest absolute Gasteiger partial charge is 0.372 e. The average molecular weight is 402 g/mol. The molecule has 0 aliphatic rings. The van der Waals surface area contributed by atoms with Crippen molar-refractivity contribution >= 4 is 17.7 Å². The molecule has 3 aromatic rings. The highest BCUT2D eigenvalue weighted by Crippen LogP contribution is 2.18. The Morgan fingerprint density at radius 1 is 0.867 bits per heavy atom. The predicted molar refractivity (Wildman–Crippen MR) is 115 cm³/mol. The lowest BCUT2D eigenvalue weighted by Crippen LogP contribution is -2.20. The second-order valence-corrected chi connectivity index (χ2v) is 6.66. The van der Waals surface area contributed by atoms with Crippen molar-refractivity contribution < 1.29 is 14.5 Å². The van der Waals surface area contributed by atoms with Crippen LogP contribution in [0.4, 0.5) is 5.69 Å². The summed E-state index contributed by atoms with van der Waals surface area (Å²) >= 11 is 0. The molecule has 6 heteroatoms. The van der Waals surface area contributed by atoms with Crippen LogP contribution in [-0.4, -0.2) is 10.8 Å². The quantitative estimate of drug-likeness (QED) is 0.321. The Bertz CT molecular complexity index is 1010. The van der Waals surface area contributed by atoms with Crippen molar-refractivity contribution in [1.82, 2.24) is 5.32 Å². The van der Waals surface area contributed by atoms with Gasteiger partial charge in [-0.3, -0.25) is 14.9 Å². The molecule has 0 saturated carbocycles. The number of hydrogen-bond donors (Lipinski definition) is 1. The second kappa shape index (κ2) is 10.7. The number of benzene rings is 3. The molecule has 0 atom stereocenters. The lowest BCUT2D eigenvalue weighted by atomic mass is 10.1. The summed E-state index contributed by atoms with van der Waals surface area (Å²) in [7, 11) is 0. The van der Waals surface area contributed by atoms with E-state index < -0.39 is 4.92 Å². The van der Waals surface area contributed by atoms with Crippen molar-refractivity contribution in [3.63, 3.8) is 0 Å². The number of rotatable bonds is 9. The van der Waals surface area contributed by atoms with Crippen molar-refractivity contribution in [2.24, 2.45) is 0 Å². The van der Waals surface area contributed by atoms with Crippen LogP contribution in [0.2, 0.25) is 0 Å². The maximum atomic E-state index is 12.0. The van der Waals surface area contributed by atoms with Crippen molar-refractivity contribution in [3.8, 4) is 0 Å². The molecule has 3 rings (SSSR count). The molecule has 0 radical (unpaired) electrons. The van der Waals surface area contributed by atoms with Gasteiger partial charge in [0.25, 0.3) is 5.69 Å². The molecule has 0 fully saturated rings. The van der Waals surface area contributed by atoms with Gasteiger partial charge in [-0.25, -0.2) is 0 Å². The minimum Gasteiger partial charge on any atom is -0.372 e. The Morgan fingerprint density at radius 2 is 1.47 bits per heavy atom.